The number of nitrogens with zero attached hydrogens (tertiary/aromatic N) is 3. The van der Waals surface area contributed by atoms with Crippen LogP contribution in [-0.4, -0.2) is 32.7 Å². The molecule has 7 nitrogen and oxygen atoms in total. The molecule has 0 saturated heterocycles. The summed E-state index contributed by atoms with van der Waals surface area (Å²) >= 11 is 1.21. The number of carbonyl (C=O) groups excluding carboxylic acids is 2. The minimum Gasteiger partial charge on any atom is -0.483 e. The first kappa shape index (κ1) is 25.2. The minimum absolute atomic E-state index is 0.0158. The number of ether oxygens (including phenoxy) is 1. The second-order valence-electron chi connectivity index (χ2n) is 7.51. The van der Waals surface area contributed by atoms with E-state index in [1.807, 2.05) is 0 Å². The number of Topliss-reactive ketones (excluding diaryl/α,β-unsaturated/α-hetero) is 1. The fraction of sp³-hybridized carbons (Fsp3) is 0.318. The first-order valence-electron chi connectivity index (χ1n) is 10.00. The highest BCUT2D eigenvalue weighted by molar-refractivity contribution is 7.14. The maximum atomic E-state index is 15.4. The molecule has 0 fully saturated rings. The smallest absolute Gasteiger partial charge is 0.451 e. The number of nitrogens with one attached hydrogen (secondary N) is 1. The number of hydrogen-bond donors (Lipinski definition) is 1. The van der Waals surface area contributed by atoms with Crippen LogP contribution >= 0.6 is 11.3 Å². The molecule has 1 aromatic carbocycles. The number of benzene rings is 1. The predicted molar refractivity (Wildman–Crippen MR) is 116 cm³/mol. The van der Waals surface area contributed by atoms with Gasteiger partial charge in [0.1, 0.15) is 16.6 Å². The van der Waals surface area contributed by atoms with Crippen LogP contribution in [0.5, 0.6) is 5.75 Å². The number of aromatic nitrogens is 3. The van der Waals surface area contributed by atoms with E-state index in [9.17, 15) is 22.8 Å². The van der Waals surface area contributed by atoms with Crippen molar-refractivity contribution >= 4 is 23.0 Å². The van der Waals surface area contributed by atoms with Gasteiger partial charge in [0.2, 0.25) is 5.82 Å². The number of aryl methyl sites for hydroxylation is 1. The third-order valence-electron chi connectivity index (χ3n) is 4.80. The van der Waals surface area contributed by atoms with E-state index in [1.165, 1.54) is 38.2 Å². The zero-order valence-corrected chi connectivity index (χ0v) is 19.3. The van der Waals surface area contributed by atoms with E-state index < -0.39 is 35.9 Å². The predicted octanol–water partition coefficient (Wildman–Crippen LogP) is 4.91. The lowest BCUT2D eigenvalue weighted by Crippen LogP contribution is -2.28. The zero-order chi connectivity index (χ0) is 25.2. The summed E-state index contributed by atoms with van der Waals surface area (Å²) in [6.45, 7) is 6.13. The Morgan fingerprint density at radius 1 is 1.09 bits per heavy atom. The molecule has 2 aromatic heterocycles. The number of amides is 1. The van der Waals surface area contributed by atoms with Gasteiger partial charge in [0.15, 0.2) is 11.9 Å². The van der Waals surface area contributed by atoms with Crippen molar-refractivity contribution < 1.29 is 31.9 Å². The summed E-state index contributed by atoms with van der Waals surface area (Å²) in [5.74, 6) is -3.19. The number of rotatable bonds is 7. The van der Waals surface area contributed by atoms with Crippen LogP contribution in [0.2, 0.25) is 0 Å². The number of ketones is 1. The van der Waals surface area contributed by atoms with Crippen molar-refractivity contribution in [2.75, 3.05) is 0 Å². The average Bonchev–Trinajstić information content (AvgIpc) is 3.20. The molecule has 3 aromatic rings. The van der Waals surface area contributed by atoms with Crippen LogP contribution in [0.1, 0.15) is 53.4 Å². The van der Waals surface area contributed by atoms with E-state index in [0.717, 1.165) is 23.3 Å². The summed E-state index contributed by atoms with van der Waals surface area (Å²) in [5, 5.41) is 2.83. The Morgan fingerprint density at radius 3 is 2.26 bits per heavy atom. The van der Waals surface area contributed by atoms with Crippen molar-refractivity contribution in [2.24, 2.45) is 0 Å². The maximum Gasteiger partial charge on any atom is 0.451 e. The Morgan fingerprint density at radius 2 is 1.74 bits per heavy atom. The Balaban J connectivity index is 1.93. The molecule has 0 aliphatic rings. The SMILES string of the molecule is CC(=O)[C@H](C)Oc1cc(C(=O)N[C@H](C)c2cnc(C(F)(F)F)nc2)c(F)c(-c2ncc(C)s2)c1. The van der Waals surface area contributed by atoms with Gasteiger partial charge in [-0.3, -0.25) is 9.59 Å². The summed E-state index contributed by atoms with van der Waals surface area (Å²) < 4.78 is 59.0. The summed E-state index contributed by atoms with van der Waals surface area (Å²) in [5.41, 5.74) is -0.173. The van der Waals surface area contributed by atoms with Crippen LogP contribution in [0, 0.1) is 12.7 Å². The third kappa shape index (κ3) is 5.74. The van der Waals surface area contributed by atoms with Crippen molar-refractivity contribution in [3.8, 4) is 16.3 Å². The molecule has 3 rings (SSSR count). The van der Waals surface area contributed by atoms with E-state index in [2.05, 4.69) is 20.3 Å². The molecule has 2 atom stereocenters. The molecular weight excluding hydrogens is 476 g/mol. The summed E-state index contributed by atoms with van der Waals surface area (Å²) in [6.07, 6.45) is -2.10. The molecule has 2 heterocycles. The van der Waals surface area contributed by atoms with Gasteiger partial charge in [-0.15, -0.1) is 11.3 Å². The van der Waals surface area contributed by atoms with Gasteiger partial charge in [-0.1, -0.05) is 0 Å². The molecule has 0 saturated carbocycles. The Bertz CT molecular complexity index is 1210. The average molecular weight is 496 g/mol. The monoisotopic (exact) mass is 496 g/mol. The molecule has 0 unspecified atom stereocenters. The van der Waals surface area contributed by atoms with Gasteiger partial charge in [-0.05, 0) is 39.8 Å². The highest BCUT2D eigenvalue weighted by Gasteiger charge is 2.34. The van der Waals surface area contributed by atoms with Gasteiger partial charge in [0.25, 0.3) is 5.91 Å². The van der Waals surface area contributed by atoms with Gasteiger partial charge in [0, 0.05) is 29.0 Å². The largest absolute Gasteiger partial charge is 0.483 e. The first-order valence-corrected chi connectivity index (χ1v) is 10.8. The highest BCUT2D eigenvalue weighted by Crippen LogP contribution is 2.33. The number of hydrogen-bond acceptors (Lipinski definition) is 7. The van der Waals surface area contributed by atoms with Gasteiger partial charge in [0.05, 0.1) is 17.2 Å². The van der Waals surface area contributed by atoms with E-state index in [-0.39, 0.29) is 28.2 Å². The van der Waals surface area contributed by atoms with Crippen LogP contribution in [0.25, 0.3) is 10.6 Å². The van der Waals surface area contributed by atoms with Crippen molar-refractivity contribution in [3.05, 3.63) is 58.4 Å². The second kappa shape index (κ2) is 9.84. The number of carbonyl (C=O) groups is 2. The molecule has 180 valence electrons. The number of alkyl halides is 3. The highest BCUT2D eigenvalue weighted by atomic mass is 32.1. The topological polar surface area (TPSA) is 94.1 Å². The molecule has 1 N–H and O–H groups in total. The van der Waals surface area contributed by atoms with Crippen molar-refractivity contribution in [1.82, 2.24) is 20.3 Å². The van der Waals surface area contributed by atoms with Crippen LogP contribution in [0.3, 0.4) is 0 Å². The summed E-state index contributed by atoms with van der Waals surface area (Å²) in [6, 6.07) is 1.68. The molecule has 0 aliphatic carbocycles. The van der Waals surface area contributed by atoms with Crippen LogP contribution in [0.15, 0.2) is 30.7 Å². The number of halogens is 4. The minimum atomic E-state index is -4.70. The molecule has 0 radical (unpaired) electrons. The van der Waals surface area contributed by atoms with Crippen molar-refractivity contribution in [1.29, 1.82) is 0 Å². The van der Waals surface area contributed by atoms with Crippen molar-refractivity contribution in [3.63, 3.8) is 0 Å². The molecule has 12 heteroatoms. The Labute approximate surface area is 196 Å². The van der Waals surface area contributed by atoms with Crippen molar-refractivity contribution in [2.45, 2.75) is 46.0 Å². The second-order valence-corrected chi connectivity index (χ2v) is 8.75. The van der Waals surface area contributed by atoms with Gasteiger partial charge >= 0.3 is 6.18 Å². The fourth-order valence-corrected chi connectivity index (χ4v) is 3.59. The van der Waals surface area contributed by atoms with Crippen LogP contribution in [-0.2, 0) is 11.0 Å². The lowest BCUT2D eigenvalue weighted by Gasteiger charge is -2.17. The van der Waals surface area contributed by atoms with E-state index in [4.69, 9.17) is 4.74 Å². The maximum absolute atomic E-state index is 15.4. The summed E-state index contributed by atoms with van der Waals surface area (Å²) in [7, 11) is 0. The Kier molecular flexibility index (Phi) is 7.29. The third-order valence-corrected chi connectivity index (χ3v) is 5.75. The van der Waals surface area contributed by atoms with E-state index >= 15 is 4.39 Å². The molecule has 0 bridgehead atoms. The fourth-order valence-electron chi connectivity index (χ4n) is 2.82. The molecule has 0 spiro atoms. The molecule has 1 amide bonds. The molecule has 34 heavy (non-hydrogen) atoms. The normalized spacial score (nSPS) is 13.3. The quantitative estimate of drug-likeness (QED) is 0.467. The lowest BCUT2D eigenvalue weighted by atomic mass is 10.1. The van der Waals surface area contributed by atoms with Gasteiger partial charge in [-0.2, -0.15) is 13.2 Å². The van der Waals surface area contributed by atoms with Crippen LogP contribution in [0.4, 0.5) is 17.6 Å². The Hall–Kier alpha value is -3.41. The van der Waals surface area contributed by atoms with E-state index in [1.54, 1.807) is 13.1 Å². The lowest BCUT2D eigenvalue weighted by molar-refractivity contribution is -0.145. The van der Waals surface area contributed by atoms with Crippen LogP contribution < -0.4 is 10.1 Å². The van der Waals surface area contributed by atoms with Gasteiger partial charge in [-0.25, -0.2) is 19.3 Å². The molecular formula is C22H20F4N4O3S. The molecule has 0 aliphatic heterocycles. The first-order chi connectivity index (χ1) is 15.9. The van der Waals surface area contributed by atoms with Gasteiger partial charge < -0.3 is 10.1 Å². The zero-order valence-electron chi connectivity index (χ0n) is 18.5. The summed E-state index contributed by atoms with van der Waals surface area (Å²) in [4.78, 5) is 36.0. The number of thiazole rings is 1. The van der Waals surface area contributed by atoms with E-state index in [0.29, 0.717) is 5.01 Å². The standard InChI is InChI=1S/C22H20F4N4O3S/c1-10-7-27-20(34-10)17-6-15(33-13(4)12(3)31)5-16(18(17)23)19(32)30-11(2)14-8-28-21(29-9-14)22(24,25)26/h5-9,11,13H,1-4H3,(H,30,32)/t11-,13+/m1/s1.